The van der Waals surface area contributed by atoms with Gasteiger partial charge in [0.15, 0.2) is 0 Å². The number of ether oxygens (including phenoxy) is 1. The highest BCUT2D eigenvalue weighted by atomic mass is 32.1. The molecular formula is C12H16N2O4S. The number of rotatable bonds is 5. The first-order valence-corrected chi connectivity index (χ1v) is 7.07. The van der Waals surface area contributed by atoms with Crippen LogP contribution in [-0.2, 0) is 20.7 Å². The van der Waals surface area contributed by atoms with Crippen molar-refractivity contribution in [2.45, 2.75) is 25.4 Å². The zero-order valence-electron chi connectivity index (χ0n) is 10.4. The van der Waals surface area contributed by atoms with Crippen LogP contribution in [0.2, 0.25) is 0 Å². The molecule has 0 spiro atoms. The van der Waals surface area contributed by atoms with E-state index >= 15 is 0 Å². The minimum absolute atomic E-state index is 0.0340. The van der Waals surface area contributed by atoms with E-state index in [2.05, 4.69) is 4.98 Å². The molecule has 0 aromatic carbocycles. The molecule has 1 fully saturated rings. The minimum atomic E-state index is -0.901. The number of carboxylic acid groups (broad SMARTS) is 1. The summed E-state index contributed by atoms with van der Waals surface area (Å²) in [5, 5.41) is 10.7. The van der Waals surface area contributed by atoms with Gasteiger partial charge >= 0.3 is 5.97 Å². The van der Waals surface area contributed by atoms with Crippen molar-refractivity contribution in [3.05, 3.63) is 16.6 Å². The fraction of sp³-hybridized carbons (Fsp3) is 0.583. The number of carboxylic acids is 1. The number of hydrogen-bond donors (Lipinski definition) is 1. The van der Waals surface area contributed by atoms with E-state index in [0.717, 1.165) is 5.69 Å². The monoisotopic (exact) mass is 284 g/mol. The van der Waals surface area contributed by atoms with Crippen LogP contribution in [0.5, 0.6) is 0 Å². The van der Waals surface area contributed by atoms with E-state index in [-0.39, 0.29) is 12.3 Å². The molecule has 104 valence electrons. The van der Waals surface area contributed by atoms with Gasteiger partial charge in [-0.1, -0.05) is 0 Å². The Morgan fingerprint density at radius 1 is 1.58 bits per heavy atom. The Bertz CT molecular complexity index is 435. The Morgan fingerprint density at radius 3 is 3.11 bits per heavy atom. The maximum absolute atomic E-state index is 12.0. The van der Waals surface area contributed by atoms with Crippen molar-refractivity contribution in [3.8, 4) is 0 Å². The number of aromatic nitrogens is 1. The molecule has 1 saturated heterocycles. The molecule has 1 aromatic heterocycles. The number of aliphatic carboxylic acids is 1. The van der Waals surface area contributed by atoms with E-state index in [0.29, 0.717) is 32.5 Å². The van der Waals surface area contributed by atoms with Gasteiger partial charge in [-0.05, 0) is 6.42 Å². The molecule has 0 bridgehead atoms. The van der Waals surface area contributed by atoms with Crippen molar-refractivity contribution >= 4 is 23.2 Å². The summed E-state index contributed by atoms with van der Waals surface area (Å²) in [4.78, 5) is 28.5. The molecule has 1 aliphatic rings. The maximum Gasteiger partial charge on any atom is 0.306 e. The standard InChI is InChI=1S/C12H16N2O4S/c15-11(2-1-9-7-19-8-13-9)14-3-4-18-10(6-14)5-12(16)17/h7-8,10H,1-6H2,(H,16,17). The summed E-state index contributed by atoms with van der Waals surface area (Å²) in [5.41, 5.74) is 2.67. The van der Waals surface area contributed by atoms with Crippen LogP contribution < -0.4 is 0 Å². The van der Waals surface area contributed by atoms with E-state index in [9.17, 15) is 9.59 Å². The number of carbonyl (C=O) groups excluding carboxylic acids is 1. The van der Waals surface area contributed by atoms with Crippen molar-refractivity contribution in [1.29, 1.82) is 0 Å². The summed E-state index contributed by atoms with van der Waals surface area (Å²) in [7, 11) is 0. The third kappa shape index (κ3) is 4.29. The SMILES string of the molecule is O=C(O)CC1CN(C(=O)CCc2cscn2)CCO1. The first-order chi connectivity index (χ1) is 9.15. The van der Waals surface area contributed by atoms with Gasteiger partial charge in [-0.15, -0.1) is 11.3 Å². The smallest absolute Gasteiger partial charge is 0.306 e. The Labute approximate surface area is 115 Å². The van der Waals surface area contributed by atoms with E-state index in [1.165, 1.54) is 11.3 Å². The molecule has 2 rings (SSSR count). The lowest BCUT2D eigenvalue weighted by molar-refractivity contribution is -0.147. The van der Waals surface area contributed by atoms with Gasteiger partial charge in [0.1, 0.15) is 0 Å². The summed E-state index contributed by atoms with van der Waals surface area (Å²) in [6, 6.07) is 0. The van der Waals surface area contributed by atoms with Crippen LogP contribution in [0.25, 0.3) is 0 Å². The summed E-state index contributed by atoms with van der Waals surface area (Å²) < 4.78 is 5.33. The lowest BCUT2D eigenvalue weighted by Crippen LogP contribution is -2.46. The van der Waals surface area contributed by atoms with E-state index in [1.54, 1.807) is 10.4 Å². The predicted molar refractivity (Wildman–Crippen MR) is 69.0 cm³/mol. The number of carbonyl (C=O) groups is 2. The van der Waals surface area contributed by atoms with Gasteiger partial charge in [0, 0.05) is 24.9 Å². The van der Waals surface area contributed by atoms with Crippen molar-refractivity contribution in [2.75, 3.05) is 19.7 Å². The highest BCUT2D eigenvalue weighted by Gasteiger charge is 2.25. The number of aryl methyl sites for hydroxylation is 1. The molecule has 0 radical (unpaired) electrons. The third-order valence-corrected chi connectivity index (χ3v) is 3.61. The molecule has 1 unspecified atom stereocenters. The van der Waals surface area contributed by atoms with Crippen molar-refractivity contribution in [1.82, 2.24) is 9.88 Å². The zero-order chi connectivity index (χ0) is 13.7. The maximum atomic E-state index is 12.0. The van der Waals surface area contributed by atoms with Gasteiger partial charge in [0.25, 0.3) is 0 Å². The Hall–Kier alpha value is -1.47. The summed E-state index contributed by atoms with van der Waals surface area (Å²) in [6.45, 7) is 1.30. The minimum Gasteiger partial charge on any atom is -0.481 e. The van der Waals surface area contributed by atoms with E-state index in [4.69, 9.17) is 9.84 Å². The number of hydrogen-bond acceptors (Lipinski definition) is 5. The molecule has 7 heteroatoms. The average Bonchev–Trinajstić information content (AvgIpc) is 2.88. The molecule has 6 nitrogen and oxygen atoms in total. The highest BCUT2D eigenvalue weighted by Crippen LogP contribution is 2.11. The Morgan fingerprint density at radius 2 is 2.42 bits per heavy atom. The second-order valence-corrected chi connectivity index (χ2v) is 5.13. The predicted octanol–water partition coefficient (Wildman–Crippen LogP) is 0.778. The Kier molecular flexibility index (Phi) is 4.86. The largest absolute Gasteiger partial charge is 0.481 e. The van der Waals surface area contributed by atoms with Crippen molar-refractivity contribution < 1.29 is 19.4 Å². The van der Waals surface area contributed by atoms with Crippen LogP contribution in [0.1, 0.15) is 18.5 Å². The number of nitrogens with zero attached hydrogens (tertiary/aromatic N) is 2. The van der Waals surface area contributed by atoms with Crippen LogP contribution in [0.4, 0.5) is 0 Å². The van der Waals surface area contributed by atoms with Gasteiger partial charge in [-0.2, -0.15) is 0 Å². The molecule has 1 N–H and O–H groups in total. The average molecular weight is 284 g/mol. The van der Waals surface area contributed by atoms with Gasteiger partial charge in [-0.3, -0.25) is 9.59 Å². The van der Waals surface area contributed by atoms with Gasteiger partial charge in [0.05, 0.1) is 30.3 Å². The molecule has 2 heterocycles. The third-order valence-electron chi connectivity index (χ3n) is 2.97. The fourth-order valence-electron chi connectivity index (χ4n) is 2.02. The number of morpholine rings is 1. The van der Waals surface area contributed by atoms with Gasteiger partial charge in [0.2, 0.25) is 5.91 Å². The molecule has 1 aromatic rings. The summed E-state index contributed by atoms with van der Waals surface area (Å²) in [5.74, 6) is -0.867. The van der Waals surface area contributed by atoms with Crippen LogP contribution in [-0.4, -0.2) is 52.7 Å². The quantitative estimate of drug-likeness (QED) is 0.864. The van der Waals surface area contributed by atoms with E-state index in [1.807, 2.05) is 5.38 Å². The molecule has 1 atom stereocenters. The summed E-state index contributed by atoms with van der Waals surface area (Å²) in [6.07, 6.45) is 0.581. The zero-order valence-corrected chi connectivity index (χ0v) is 11.3. The Balaban J connectivity index is 1.79. The lowest BCUT2D eigenvalue weighted by atomic mass is 10.1. The van der Waals surface area contributed by atoms with Gasteiger partial charge in [-0.25, -0.2) is 4.98 Å². The fourth-order valence-corrected chi connectivity index (χ4v) is 2.61. The highest BCUT2D eigenvalue weighted by molar-refractivity contribution is 7.07. The van der Waals surface area contributed by atoms with E-state index < -0.39 is 12.1 Å². The normalized spacial score (nSPS) is 19.4. The second kappa shape index (κ2) is 6.63. The molecular weight excluding hydrogens is 268 g/mol. The molecule has 0 aliphatic carbocycles. The number of amides is 1. The molecule has 1 aliphatic heterocycles. The van der Waals surface area contributed by atoms with Crippen LogP contribution in [0.3, 0.4) is 0 Å². The first-order valence-electron chi connectivity index (χ1n) is 6.13. The van der Waals surface area contributed by atoms with Crippen LogP contribution in [0.15, 0.2) is 10.9 Å². The summed E-state index contributed by atoms with van der Waals surface area (Å²) >= 11 is 1.51. The second-order valence-electron chi connectivity index (χ2n) is 4.41. The topological polar surface area (TPSA) is 79.7 Å². The van der Waals surface area contributed by atoms with Crippen LogP contribution in [0, 0.1) is 0 Å². The molecule has 19 heavy (non-hydrogen) atoms. The molecule has 1 amide bonds. The van der Waals surface area contributed by atoms with Crippen molar-refractivity contribution in [3.63, 3.8) is 0 Å². The molecule has 0 saturated carbocycles. The lowest BCUT2D eigenvalue weighted by Gasteiger charge is -2.32. The van der Waals surface area contributed by atoms with Crippen molar-refractivity contribution in [2.24, 2.45) is 0 Å². The van der Waals surface area contributed by atoms with Crippen LogP contribution >= 0.6 is 11.3 Å². The van der Waals surface area contributed by atoms with Gasteiger partial charge < -0.3 is 14.7 Å². The first kappa shape index (κ1) is 14.0. The number of thiazole rings is 1.